The number of hydrogen-bond acceptors (Lipinski definition) is 3. The Balaban J connectivity index is 1.39. The third-order valence-electron chi connectivity index (χ3n) is 5.09. The van der Waals surface area contributed by atoms with Crippen LogP contribution in [-0.2, 0) is 0 Å². The number of benzene rings is 2. The van der Waals surface area contributed by atoms with Gasteiger partial charge in [0.1, 0.15) is 5.82 Å². The van der Waals surface area contributed by atoms with E-state index < -0.39 is 11.7 Å². The number of nitrogens with one attached hydrogen (secondary N) is 1. The summed E-state index contributed by atoms with van der Waals surface area (Å²) in [5, 5.41) is 1.03. The highest BCUT2D eigenvalue weighted by Gasteiger charge is 2.27. The summed E-state index contributed by atoms with van der Waals surface area (Å²) in [7, 11) is 0. The Labute approximate surface area is 166 Å². The van der Waals surface area contributed by atoms with Crippen LogP contribution in [0.3, 0.4) is 0 Å². The summed E-state index contributed by atoms with van der Waals surface area (Å²) in [5.74, 6) is -0.991. The summed E-state index contributed by atoms with van der Waals surface area (Å²) in [6.45, 7) is 2.22. The average Bonchev–Trinajstić information content (AvgIpc) is 3.12. The largest absolute Gasteiger partial charge is 0.360 e. The predicted molar refractivity (Wildman–Crippen MR) is 106 cm³/mol. The number of piperazine rings is 1. The Kier molecular flexibility index (Phi) is 5.15. The molecule has 1 amide bonds. The Morgan fingerprint density at radius 2 is 1.79 bits per heavy atom. The average molecular weight is 400 g/mol. The summed E-state index contributed by atoms with van der Waals surface area (Å²) in [6.07, 6.45) is 1.74. The molecule has 7 heteroatoms. The van der Waals surface area contributed by atoms with E-state index in [1.165, 1.54) is 18.2 Å². The summed E-state index contributed by atoms with van der Waals surface area (Å²) in [4.78, 5) is 32.0. The second-order valence-electron chi connectivity index (χ2n) is 6.84. The zero-order valence-corrected chi connectivity index (χ0v) is 15.9. The van der Waals surface area contributed by atoms with Crippen LogP contribution < -0.4 is 0 Å². The van der Waals surface area contributed by atoms with Gasteiger partial charge in [0.25, 0.3) is 5.91 Å². The van der Waals surface area contributed by atoms with Crippen LogP contribution in [-0.4, -0.2) is 59.2 Å². The van der Waals surface area contributed by atoms with Crippen molar-refractivity contribution in [3.63, 3.8) is 0 Å². The van der Waals surface area contributed by atoms with Crippen molar-refractivity contribution in [2.45, 2.75) is 0 Å². The minimum atomic E-state index is -0.616. The van der Waals surface area contributed by atoms with Crippen molar-refractivity contribution in [1.82, 2.24) is 14.8 Å². The van der Waals surface area contributed by atoms with E-state index in [2.05, 4.69) is 4.98 Å². The number of para-hydroxylation sites is 1. The number of fused-ring (bicyclic) bond motifs is 1. The molecule has 3 aromatic rings. The highest BCUT2D eigenvalue weighted by Crippen LogP contribution is 2.22. The minimum Gasteiger partial charge on any atom is -0.360 e. The van der Waals surface area contributed by atoms with Gasteiger partial charge in [-0.05, 0) is 18.2 Å². The number of carbonyl (C=O) groups excluding carboxylic acids is 2. The second kappa shape index (κ2) is 7.73. The Morgan fingerprint density at radius 3 is 2.54 bits per heavy atom. The van der Waals surface area contributed by atoms with Gasteiger partial charge in [-0.15, -0.1) is 0 Å². The molecule has 0 bridgehead atoms. The number of rotatable bonds is 4. The van der Waals surface area contributed by atoms with Gasteiger partial charge >= 0.3 is 0 Å². The smallest absolute Gasteiger partial charge is 0.258 e. The standard InChI is InChI=1S/C21H19ClFN3O2/c22-16-5-3-6-17(23)20(16)21(28)26-10-8-25(9-11-26)13-19(27)15-12-24-18-7-2-1-4-14(15)18/h1-7,12,24H,8-11,13H2. The van der Waals surface area contributed by atoms with Crippen LogP contribution in [0.4, 0.5) is 4.39 Å². The van der Waals surface area contributed by atoms with Crippen molar-refractivity contribution in [3.8, 4) is 0 Å². The molecule has 1 aromatic heterocycles. The van der Waals surface area contributed by atoms with E-state index in [0.717, 1.165) is 10.9 Å². The minimum absolute atomic E-state index is 0.0365. The first kappa shape index (κ1) is 18.7. The van der Waals surface area contributed by atoms with Crippen LogP contribution in [0.2, 0.25) is 5.02 Å². The first-order valence-electron chi connectivity index (χ1n) is 9.09. The SMILES string of the molecule is O=C(CN1CCN(C(=O)c2c(F)cccc2Cl)CC1)c1c[nH]c2ccccc12. The van der Waals surface area contributed by atoms with E-state index in [1.807, 2.05) is 29.2 Å². The van der Waals surface area contributed by atoms with E-state index >= 15 is 0 Å². The van der Waals surface area contributed by atoms with Crippen LogP contribution >= 0.6 is 11.6 Å². The number of amides is 1. The first-order chi connectivity index (χ1) is 13.5. The van der Waals surface area contributed by atoms with Crippen LogP contribution in [0.25, 0.3) is 10.9 Å². The van der Waals surface area contributed by atoms with Crippen LogP contribution in [0.5, 0.6) is 0 Å². The number of aromatic nitrogens is 1. The first-order valence-corrected chi connectivity index (χ1v) is 9.47. The number of H-pyrrole nitrogens is 1. The van der Waals surface area contributed by atoms with Crippen molar-refractivity contribution < 1.29 is 14.0 Å². The molecule has 0 unspecified atom stereocenters. The van der Waals surface area contributed by atoms with E-state index in [0.29, 0.717) is 31.7 Å². The third-order valence-corrected chi connectivity index (χ3v) is 5.41. The van der Waals surface area contributed by atoms with Crippen molar-refractivity contribution >= 4 is 34.2 Å². The van der Waals surface area contributed by atoms with Crippen molar-refractivity contribution in [1.29, 1.82) is 0 Å². The molecule has 1 fully saturated rings. The normalized spacial score (nSPS) is 15.1. The summed E-state index contributed by atoms with van der Waals surface area (Å²) < 4.78 is 14.0. The molecule has 0 atom stereocenters. The molecule has 28 heavy (non-hydrogen) atoms. The maximum atomic E-state index is 14.0. The van der Waals surface area contributed by atoms with Gasteiger partial charge < -0.3 is 9.88 Å². The zero-order valence-electron chi connectivity index (χ0n) is 15.1. The lowest BCUT2D eigenvalue weighted by molar-refractivity contribution is 0.0621. The molecule has 1 aliphatic heterocycles. The van der Waals surface area contributed by atoms with Gasteiger partial charge in [0.15, 0.2) is 5.78 Å². The van der Waals surface area contributed by atoms with E-state index in [-0.39, 0.29) is 22.9 Å². The Morgan fingerprint density at radius 1 is 1.04 bits per heavy atom. The van der Waals surface area contributed by atoms with Crippen molar-refractivity contribution in [2.24, 2.45) is 0 Å². The molecule has 144 valence electrons. The fourth-order valence-electron chi connectivity index (χ4n) is 3.56. The zero-order chi connectivity index (χ0) is 19.7. The van der Waals surface area contributed by atoms with Crippen molar-refractivity contribution in [2.75, 3.05) is 32.7 Å². The number of Topliss-reactive ketones (excluding diaryl/α,β-unsaturated/α-hetero) is 1. The van der Waals surface area contributed by atoms with E-state index in [4.69, 9.17) is 11.6 Å². The fraction of sp³-hybridized carbons (Fsp3) is 0.238. The third kappa shape index (κ3) is 3.53. The molecule has 4 rings (SSSR count). The lowest BCUT2D eigenvalue weighted by atomic mass is 10.1. The highest BCUT2D eigenvalue weighted by atomic mass is 35.5. The maximum Gasteiger partial charge on any atom is 0.258 e. The molecule has 2 heterocycles. The summed E-state index contributed by atoms with van der Waals surface area (Å²) in [6, 6.07) is 11.9. The molecule has 2 aromatic carbocycles. The molecule has 5 nitrogen and oxygen atoms in total. The van der Waals surface area contributed by atoms with Gasteiger partial charge in [0, 0.05) is 48.8 Å². The van der Waals surface area contributed by atoms with Crippen LogP contribution in [0.15, 0.2) is 48.7 Å². The molecule has 0 radical (unpaired) electrons. The Hall–Kier alpha value is -2.70. The molecule has 0 aliphatic carbocycles. The van der Waals surface area contributed by atoms with Gasteiger partial charge in [-0.25, -0.2) is 4.39 Å². The van der Waals surface area contributed by atoms with Crippen molar-refractivity contribution in [3.05, 3.63) is 70.6 Å². The molecule has 0 saturated carbocycles. The Bertz CT molecular complexity index is 1020. The number of aromatic amines is 1. The number of nitrogens with zero attached hydrogens (tertiary/aromatic N) is 2. The molecule has 1 aliphatic rings. The lowest BCUT2D eigenvalue weighted by Gasteiger charge is -2.34. The number of ketones is 1. The van der Waals surface area contributed by atoms with Gasteiger partial charge in [0.2, 0.25) is 0 Å². The summed E-state index contributed by atoms with van der Waals surface area (Å²) >= 11 is 6.00. The van der Waals surface area contributed by atoms with Gasteiger partial charge in [-0.2, -0.15) is 0 Å². The van der Waals surface area contributed by atoms with E-state index in [1.54, 1.807) is 11.1 Å². The molecule has 1 saturated heterocycles. The molecular formula is C21H19ClFN3O2. The van der Waals surface area contributed by atoms with Crippen LogP contribution in [0, 0.1) is 5.82 Å². The highest BCUT2D eigenvalue weighted by molar-refractivity contribution is 6.33. The molecule has 0 spiro atoms. The maximum absolute atomic E-state index is 14.0. The molecular weight excluding hydrogens is 381 g/mol. The van der Waals surface area contributed by atoms with Gasteiger partial charge in [0.05, 0.1) is 17.1 Å². The van der Waals surface area contributed by atoms with Gasteiger partial charge in [-0.1, -0.05) is 35.9 Å². The van der Waals surface area contributed by atoms with E-state index in [9.17, 15) is 14.0 Å². The molecule has 1 N–H and O–H groups in total. The van der Waals surface area contributed by atoms with Crippen LogP contribution in [0.1, 0.15) is 20.7 Å². The number of carbonyl (C=O) groups is 2. The summed E-state index contributed by atoms with van der Waals surface area (Å²) in [5.41, 5.74) is 1.52. The predicted octanol–water partition coefficient (Wildman–Crippen LogP) is 3.60. The van der Waals surface area contributed by atoms with Gasteiger partial charge in [-0.3, -0.25) is 14.5 Å². The monoisotopic (exact) mass is 399 g/mol. The topological polar surface area (TPSA) is 56.4 Å². The second-order valence-corrected chi connectivity index (χ2v) is 7.24. The lowest BCUT2D eigenvalue weighted by Crippen LogP contribution is -2.50. The quantitative estimate of drug-likeness (QED) is 0.682. The number of hydrogen-bond donors (Lipinski definition) is 1. The fourth-order valence-corrected chi connectivity index (χ4v) is 3.80. The number of halogens is 2.